The number of hydrogen-bond acceptors (Lipinski definition) is 5. The van der Waals surface area contributed by atoms with E-state index in [-0.39, 0.29) is 11.0 Å². The minimum absolute atomic E-state index is 0.00382. The molecule has 2 atom stereocenters. The maximum absolute atomic E-state index is 5.42. The van der Waals surface area contributed by atoms with E-state index in [2.05, 4.69) is 139 Å². The van der Waals surface area contributed by atoms with Gasteiger partial charge in [-0.05, 0) is 67.8 Å². The molecule has 0 spiro atoms. The van der Waals surface area contributed by atoms with Gasteiger partial charge >= 0.3 is 0 Å². The van der Waals surface area contributed by atoms with E-state index >= 15 is 0 Å². The number of benzene rings is 5. The molecule has 2 aliphatic rings. The number of nitrogens with zero attached hydrogens (tertiary/aromatic N) is 5. The van der Waals surface area contributed by atoms with E-state index in [1.165, 1.54) is 55.0 Å². The number of thiophene rings is 1. The number of para-hydroxylation sites is 3. The molecule has 1 fully saturated rings. The predicted octanol–water partition coefficient (Wildman–Crippen LogP) is 10.7. The third-order valence-corrected chi connectivity index (χ3v) is 12.4. The Bertz CT molecular complexity index is 2490. The minimum Gasteiger partial charge on any atom is -0.303 e. The molecule has 8 aromatic rings. The maximum atomic E-state index is 5.42. The lowest BCUT2D eigenvalue weighted by molar-refractivity contribution is 0.193. The molecule has 1 saturated carbocycles. The van der Waals surface area contributed by atoms with Gasteiger partial charge in [0.15, 0.2) is 5.82 Å². The highest BCUT2D eigenvalue weighted by Gasteiger charge is 2.58. The van der Waals surface area contributed by atoms with E-state index in [0.717, 1.165) is 29.4 Å². The molecule has 0 N–H and O–H groups in total. The molecule has 0 bridgehead atoms. The Balaban J connectivity index is 1.28. The predicted molar refractivity (Wildman–Crippen MR) is 195 cm³/mol. The fraction of sp³-hybridized carbons (Fsp3) is 0.195. The summed E-state index contributed by atoms with van der Waals surface area (Å²) in [5.74, 6) is 2.04. The molecule has 47 heavy (non-hydrogen) atoms. The molecule has 2 unspecified atom stereocenters. The number of anilines is 2. The zero-order chi connectivity index (χ0) is 31.3. The van der Waals surface area contributed by atoms with Crippen molar-refractivity contribution in [3.05, 3.63) is 121 Å². The van der Waals surface area contributed by atoms with Crippen molar-refractivity contribution >= 4 is 65.0 Å². The number of aromatic nitrogens is 4. The smallest absolute Gasteiger partial charge is 0.240 e. The standard InChI is InChI=1S/C41H33N5S/c1-40-23-11-12-24-41(40,2)46(34-19-9-6-16-31(34)40)39-43-37(26-21-22-36-30(25-26)29-15-5-10-20-35(29)47-36)42-38(44-39)45-32-17-7-3-13-27(32)28-14-4-8-18-33(28)45/h3-10,13-22,25H,11-12,23-24H2,1-2H3. The number of fused-ring (bicyclic) bond motifs is 9. The highest BCUT2D eigenvalue weighted by molar-refractivity contribution is 7.25. The molecule has 228 valence electrons. The normalized spacial score (nSPS) is 20.8. The molecular formula is C41H33N5S. The first-order valence-corrected chi connectivity index (χ1v) is 17.4. The Hall–Kier alpha value is -5.07. The summed E-state index contributed by atoms with van der Waals surface area (Å²) in [5, 5.41) is 4.89. The molecule has 6 heteroatoms. The minimum atomic E-state index is -0.167. The van der Waals surface area contributed by atoms with Crippen LogP contribution >= 0.6 is 11.3 Å². The largest absolute Gasteiger partial charge is 0.303 e. The number of hydrogen-bond donors (Lipinski definition) is 0. The van der Waals surface area contributed by atoms with Crippen LogP contribution in [0, 0.1) is 0 Å². The van der Waals surface area contributed by atoms with Crippen LogP contribution in [-0.4, -0.2) is 25.1 Å². The summed E-state index contributed by atoms with van der Waals surface area (Å²) in [6.07, 6.45) is 4.65. The third-order valence-electron chi connectivity index (χ3n) is 11.2. The summed E-state index contributed by atoms with van der Waals surface area (Å²) in [6.45, 7) is 4.88. The Kier molecular flexibility index (Phi) is 5.60. The van der Waals surface area contributed by atoms with Gasteiger partial charge in [-0.3, -0.25) is 4.57 Å². The van der Waals surface area contributed by atoms with Gasteiger partial charge in [0.2, 0.25) is 11.9 Å². The van der Waals surface area contributed by atoms with Crippen molar-refractivity contribution in [2.45, 2.75) is 50.5 Å². The quantitative estimate of drug-likeness (QED) is 0.196. The summed E-state index contributed by atoms with van der Waals surface area (Å²) in [6, 6.07) is 41.4. The Morgan fingerprint density at radius 2 is 1.23 bits per heavy atom. The second-order valence-corrected chi connectivity index (χ2v) is 14.7. The van der Waals surface area contributed by atoms with Crippen LogP contribution in [0.1, 0.15) is 45.1 Å². The van der Waals surface area contributed by atoms with Crippen LogP contribution in [0.3, 0.4) is 0 Å². The molecule has 5 aromatic carbocycles. The lowest BCUT2D eigenvalue weighted by Crippen LogP contribution is -2.55. The molecule has 5 nitrogen and oxygen atoms in total. The Labute approximate surface area is 277 Å². The van der Waals surface area contributed by atoms with Crippen LogP contribution in [0.15, 0.2) is 115 Å². The second-order valence-electron chi connectivity index (χ2n) is 13.6. The van der Waals surface area contributed by atoms with E-state index < -0.39 is 0 Å². The van der Waals surface area contributed by atoms with E-state index in [9.17, 15) is 0 Å². The Morgan fingerprint density at radius 1 is 0.596 bits per heavy atom. The SMILES string of the molecule is CC12CCCCC1(C)N(c1nc(-c3ccc4sc5ccccc5c4c3)nc(-n3c4ccccc4c4ccccc43)n1)c1ccccc12. The van der Waals surface area contributed by atoms with Gasteiger partial charge in [-0.25, -0.2) is 0 Å². The van der Waals surface area contributed by atoms with Crippen molar-refractivity contribution in [1.82, 2.24) is 19.5 Å². The van der Waals surface area contributed by atoms with E-state index in [4.69, 9.17) is 15.0 Å². The molecule has 1 aliphatic carbocycles. The molecule has 10 rings (SSSR count). The highest BCUT2D eigenvalue weighted by Crippen LogP contribution is 2.60. The van der Waals surface area contributed by atoms with E-state index in [0.29, 0.717) is 17.7 Å². The van der Waals surface area contributed by atoms with E-state index in [1.54, 1.807) is 0 Å². The molecule has 0 radical (unpaired) electrons. The van der Waals surface area contributed by atoms with Crippen LogP contribution in [-0.2, 0) is 5.41 Å². The van der Waals surface area contributed by atoms with Gasteiger partial charge in [0, 0.05) is 47.6 Å². The van der Waals surface area contributed by atoms with Crippen molar-refractivity contribution in [1.29, 1.82) is 0 Å². The summed E-state index contributed by atoms with van der Waals surface area (Å²) in [7, 11) is 0. The van der Waals surface area contributed by atoms with Gasteiger partial charge in [0.25, 0.3) is 0 Å². The lowest BCUT2D eigenvalue weighted by Gasteiger charge is -2.49. The fourth-order valence-electron chi connectivity index (χ4n) is 8.69. The van der Waals surface area contributed by atoms with Crippen molar-refractivity contribution < 1.29 is 0 Å². The van der Waals surface area contributed by atoms with Gasteiger partial charge in [-0.1, -0.05) is 92.6 Å². The summed E-state index contributed by atoms with van der Waals surface area (Å²) in [4.78, 5) is 18.6. The van der Waals surface area contributed by atoms with Crippen LogP contribution in [0.25, 0.3) is 59.3 Å². The zero-order valence-corrected chi connectivity index (χ0v) is 27.3. The first-order valence-electron chi connectivity index (χ1n) is 16.6. The first-order chi connectivity index (χ1) is 23.0. The molecule has 1 aliphatic heterocycles. The van der Waals surface area contributed by atoms with Gasteiger partial charge in [0.1, 0.15) is 0 Å². The summed E-state index contributed by atoms with van der Waals surface area (Å²) >= 11 is 1.83. The fourth-order valence-corrected chi connectivity index (χ4v) is 9.78. The molecule has 0 saturated heterocycles. The van der Waals surface area contributed by atoms with Crippen LogP contribution in [0.4, 0.5) is 11.6 Å². The van der Waals surface area contributed by atoms with Gasteiger partial charge in [-0.15, -0.1) is 11.3 Å². The number of rotatable bonds is 3. The lowest BCUT2D eigenvalue weighted by atomic mass is 9.61. The summed E-state index contributed by atoms with van der Waals surface area (Å²) < 4.78 is 4.79. The van der Waals surface area contributed by atoms with Gasteiger partial charge in [0.05, 0.1) is 16.6 Å². The molecule has 3 aromatic heterocycles. The van der Waals surface area contributed by atoms with Crippen LogP contribution in [0.2, 0.25) is 0 Å². The summed E-state index contributed by atoms with van der Waals surface area (Å²) in [5.41, 5.74) is 5.61. The second kappa shape index (κ2) is 9.72. The maximum Gasteiger partial charge on any atom is 0.240 e. The average molecular weight is 628 g/mol. The topological polar surface area (TPSA) is 46.8 Å². The van der Waals surface area contributed by atoms with Crippen LogP contribution < -0.4 is 4.90 Å². The van der Waals surface area contributed by atoms with Crippen molar-refractivity contribution in [2.24, 2.45) is 0 Å². The third kappa shape index (κ3) is 3.67. The van der Waals surface area contributed by atoms with Crippen molar-refractivity contribution in [3.63, 3.8) is 0 Å². The first kappa shape index (κ1) is 27.1. The van der Waals surface area contributed by atoms with Crippen LogP contribution in [0.5, 0.6) is 0 Å². The average Bonchev–Trinajstić information content (AvgIpc) is 3.72. The van der Waals surface area contributed by atoms with Crippen molar-refractivity contribution in [2.75, 3.05) is 4.90 Å². The van der Waals surface area contributed by atoms with Gasteiger partial charge in [-0.2, -0.15) is 15.0 Å². The Morgan fingerprint density at radius 3 is 2.04 bits per heavy atom. The zero-order valence-electron chi connectivity index (χ0n) is 26.4. The van der Waals surface area contributed by atoms with Gasteiger partial charge < -0.3 is 4.90 Å². The van der Waals surface area contributed by atoms with Crippen molar-refractivity contribution in [3.8, 4) is 17.3 Å². The molecular weight excluding hydrogens is 595 g/mol. The highest BCUT2D eigenvalue weighted by atomic mass is 32.1. The molecule has 0 amide bonds. The monoisotopic (exact) mass is 627 g/mol. The van der Waals surface area contributed by atoms with E-state index in [1.807, 2.05) is 11.3 Å². The molecule has 4 heterocycles.